The van der Waals surface area contributed by atoms with Gasteiger partial charge in [-0.05, 0) is 56.0 Å². The fourth-order valence-corrected chi connectivity index (χ4v) is 4.72. The number of nitrogens with zero attached hydrogens (tertiary/aromatic N) is 6. The number of likely N-dealkylation sites (tertiary alicyclic amines) is 1. The number of hydrogen-bond donors (Lipinski definition) is 0. The van der Waals surface area contributed by atoms with Crippen LogP contribution in [-0.4, -0.2) is 48.6 Å². The van der Waals surface area contributed by atoms with E-state index in [2.05, 4.69) is 56.1 Å². The fourth-order valence-electron chi connectivity index (χ4n) is 4.72. The summed E-state index contributed by atoms with van der Waals surface area (Å²) in [4.78, 5) is 2.69. The lowest BCUT2D eigenvalue weighted by molar-refractivity contribution is 0.153. The Bertz CT molecular complexity index is 880. The van der Waals surface area contributed by atoms with Gasteiger partial charge >= 0.3 is 0 Å². The second kappa shape index (κ2) is 6.93. The van der Waals surface area contributed by atoms with Crippen LogP contribution >= 0.6 is 0 Å². The Morgan fingerprint density at radius 2 is 1.74 bits per heavy atom. The first kappa shape index (κ1) is 16.7. The number of fused-ring (bicyclic) bond motifs is 1. The number of piperidine rings is 1. The van der Waals surface area contributed by atoms with Crippen LogP contribution < -0.4 is 0 Å². The summed E-state index contributed by atoms with van der Waals surface area (Å²) in [6, 6.07) is 11.5. The third kappa shape index (κ3) is 3.18. The number of hydrogen-bond acceptors (Lipinski definition) is 4. The summed E-state index contributed by atoms with van der Waals surface area (Å²) < 4.78 is 4.07. The van der Waals surface area contributed by atoms with Gasteiger partial charge in [-0.15, -0.1) is 10.2 Å². The second-order valence-electron chi connectivity index (χ2n) is 7.88. The first-order valence-electron chi connectivity index (χ1n) is 9.94. The third-order valence-corrected chi connectivity index (χ3v) is 6.30. The van der Waals surface area contributed by atoms with Crippen LogP contribution in [0.15, 0.2) is 42.7 Å². The van der Waals surface area contributed by atoms with Crippen LogP contribution in [0, 0.1) is 0 Å². The summed E-state index contributed by atoms with van der Waals surface area (Å²) >= 11 is 0. The van der Waals surface area contributed by atoms with Crippen molar-refractivity contribution in [1.29, 1.82) is 0 Å². The van der Waals surface area contributed by atoms with E-state index in [0.717, 1.165) is 24.7 Å². The van der Waals surface area contributed by atoms with Crippen molar-refractivity contribution < 1.29 is 0 Å². The molecule has 0 amide bonds. The van der Waals surface area contributed by atoms with E-state index in [4.69, 9.17) is 0 Å². The molecule has 1 aliphatic carbocycles. The van der Waals surface area contributed by atoms with Gasteiger partial charge in [0.2, 0.25) is 0 Å². The quantitative estimate of drug-likeness (QED) is 0.715. The highest BCUT2D eigenvalue weighted by atomic mass is 15.3. The maximum atomic E-state index is 4.53. The molecule has 27 heavy (non-hydrogen) atoms. The molecule has 0 unspecified atom stereocenters. The van der Waals surface area contributed by atoms with Gasteiger partial charge in [-0.1, -0.05) is 24.3 Å². The van der Waals surface area contributed by atoms with E-state index < -0.39 is 0 Å². The highest BCUT2D eigenvalue weighted by Crippen LogP contribution is 2.32. The molecular weight excluding hydrogens is 336 g/mol. The molecule has 6 nitrogen and oxygen atoms in total. The molecule has 1 fully saturated rings. The SMILES string of the molecule is Cn1c(Cn2cccn2)nnc1C1CCN(C2Cc3ccccc3C2)CC1. The monoisotopic (exact) mass is 362 g/mol. The van der Waals surface area contributed by atoms with E-state index in [1.165, 1.54) is 25.7 Å². The molecule has 6 heteroatoms. The summed E-state index contributed by atoms with van der Waals surface area (Å²) in [5.74, 6) is 2.61. The molecule has 0 saturated carbocycles. The van der Waals surface area contributed by atoms with Gasteiger partial charge in [0.25, 0.3) is 0 Å². The average molecular weight is 362 g/mol. The molecule has 140 valence electrons. The zero-order chi connectivity index (χ0) is 18.2. The maximum absolute atomic E-state index is 4.53. The van der Waals surface area contributed by atoms with Crippen LogP contribution in [0.25, 0.3) is 0 Å². The molecule has 3 heterocycles. The van der Waals surface area contributed by atoms with Crippen molar-refractivity contribution in [2.24, 2.45) is 7.05 Å². The minimum absolute atomic E-state index is 0.508. The summed E-state index contributed by atoms with van der Waals surface area (Å²) in [6.45, 7) is 2.99. The predicted molar refractivity (Wildman–Crippen MR) is 104 cm³/mol. The van der Waals surface area contributed by atoms with Crippen LogP contribution in [0.4, 0.5) is 0 Å². The molecule has 0 radical (unpaired) electrons. The first-order valence-corrected chi connectivity index (χ1v) is 9.94. The van der Waals surface area contributed by atoms with Gasteiger partial charge in [-0.3, -0.25) is 9.58 Å². The van der Waals surface area contributed by atoms with Gasteiger partial charge in [-0.2, -0.15) is 5.10 Å². The normalized spacial score (nSPS) is 18.9. The zero-order valence-electron chi connectivity index (χ0n) is 15.8. The summed E-state index contributed by atoms with van der Waals surface area (Å²) in [5.41, 5.74) is 3.09. The van der Waals surface area contributed by atoms with Crippen LogP contribution in [0.3, 0.4) is 0 Å². The van der Waals surface area contributed by atoms with Gasteiger partial charge in [0.05, 0.1) is 0 Å². The van der Waals surface area contributed by atoms with Crippen molar-refractivity contribution in [1.82, 2.24) is 29.4 Å². The standard InChI is InChI=1S/C21H26N6/c1-25-20(15-27-10-4-9-22-27)23-24-21(25)16-7-11-26(12-8-16)19-13-17-5-2-3-6-18(17)14-19/h2-6,9-10,16,19H,7-8,11-15H2,1H3. The summed E-state index contributed by atoms with van der Waals surface area (Å²) in [7, 11) is 2.09. The maximum Gasteiger partial charge on any atom is 0.154 e. The first-order chi connectivity index (χ1) is 13.3. The highest BCUT2D eigenvalue weighted by molar-refractivity contribution is 5.33. The van der Waals surface area contributed by atoms with Gasteiger partial charge in [0.15, 0.2) is 5.82 Å². The molecule has 2 aliphatic rings. The fraction of sp³-hybridized carbons (Fsp3) is 0.476. The molecule has 1 aromatic carbocycles. The van der Waals surface area contributed by atoms with Crippen molar-refractivity contribution in [2.75, 3.05) is 13.1 Å². The molecule has 0 spiro atoms. The van der Waals surface area contributed by atoms with Crippen molar-refractivity contribution in [2.45, 2.75) is 44.2 Å². The Labute approximate surface area is 159 Å². The zero-order valence-corrected chi connectivity index (χ0v) is 15.8. The Kier molecular flexibility index (Phi) is 4.28. The van der Waals surface area contributed by atoms with Crippen LogP contribution in [0.2, 0.25) is 0 Å². The van der Waals surface area contributed by atoms with Gasteiger partial charge < -0.3 is 4.57 Å². The van der Waals surface area contributed by atoms with E-state index in [1.54, 1.807) is 17.3 Å². The van der Waals surface area contributed by atoms with Crippen molar-refractivity contribution in [3.05, 3.63) is 65.5 Å². The third-order valence-electron chi connectivity index (χ3n) is 6.30. The smallest absolute Gasteiger partial charge is 0.154 e. The van der Waals surface area contributed by atoms with Crippen molar-refractivity contribution in [3.63, 3.8) is 0 Å². The van der Waals surface area contributed by atoms with E-state index in [9.17, 15) is 0 Å². The Hall–Kier alpha value is -2.47. The van der Waals surface area contributed by atoms with Crippen LogP contribution in [0.1, 0.15) is 41.5 Å². The topological polar surface area (TPSA) is 51.8 Å². The number of rotatable bonds is 4. The molecule has 0 bridgehead atoms. The van der Waals surface area contributed by atoms with Gasteiger partial charge in [0.1, 0.15) is 12.4 Å². The molecule has 3 aromatic rings. The molecule has 1 aliphatic heterocycles. The highest BCUT2D eigenvalue weighted by Gasteiger charge is 2.31. The van der Waals surface area contributed by atoms with Crippen molar-refractivity contribution >= 4 is 0 Å². The van der Waals surface area contributed by atoms with E-state index >= 15 is 0 Å². The van der Waals surface area contributed by atoms with Gasteiger partial charge in [0, 0.05) is 31.4 Å². The van der Waals surface area contributed by atoms with E-state index in [1.807, 2.05) is 16.9 Å². The van der Waals surface area contributed by atoms with Gasteiger partial charge in [-0.25, -0.2) is 0 Å². The number of aromatic nitrogens is 5. The molecule has 5 rings (SSSR count). The molecule has 2 aromatic heterocycles. The summed E-state index contributed by atoms with van der Waals surface area (Å²) in [5, 5.41) is 13.2. The minimum atomic E-state index is 0.508. The van der Waals surface area contributed by atoms with Crippen LogP contribution in [0.5, 0.6) is 0 Å². The minimum Gasteiger partial charge on any atom is -0.316 e. The Morgan fingerprint density at radius 3 is 2.41 bits per heavy atom. The second-order valence-corrected chi connectivity index (χ2v) is 7.88. The lowest BCUT2D eigenvalue weighted by atomic mass is 9.94. The molecule has 1 saturated heterocycles. The lowest BCUT2D eigenvalue weighted by Crippen LogP contribution is -2.41. The largest absolute Gasteiger partial charge is 0.316 e. The van der Waals surface area contributed by atoms with E-state index in [-0.39, 0.29) is 0 Å². The Morgan fingerprint density at radius 1 is 1.00 bits per heavy atom. The molecular formula is C21H26N6. The van der Waals surface area contributed by atoms with Crippen LogP contribution in [-0.2, 0) is 26.4 Å². The van der Waals surface area contributed by atoms with Crippen molar-refractivity contribution in [3.8, 4) is 0 Å². The molecule has 0 N–H and O–H groups in total. The number of benzene rings is 1. The predicted octanol–water partition coefficient (Wildman–Crippen LogP) is 2.41. The average Bonchev–Trinajstić information content (AvgIpc) is 3.43. The van der Waals surface area contributed by atoms with E-state index in [0.29, 0.717) is 18.5 Å². The molecule has 0 atom stereocenters. The lowest BCUT2D eigenvalue weighted by Gasteiger charge is -2.35. The Balaban J connectivity index is 1.22. The summed E-state index contributed by atoms with van der Waals surface area (Å²) in [6.07, 6.45) is 8.51.